The van der Waals surface area contributed by atoms with Crippen LogP contribution in [0.4, 0.5) is 4.79 Å². The minimum absolute atomic E-state index is 0.00979. The van der Waals surface area contributed by atoms with Crippen molar-refractivity contribution in [1.29, 1.82) is 0 Å². The third kappa shape index (κ3) is 7.89. The van der Waals surface area contributed by atoms with E-state index in [1.165, 1.54) is 6.92 Å². The molecule has 31 heavy (non-hydrogen) atoms. The summed E-state index contributed by atoms with van der Waals surface area (Å²) in [5.74, 6) is 0.986. The fourth-order valence-electron chi connectivity index (χ4n) is 4.51. The van der Waals surface area contributed by atoms with Gasteiger partial charge in [0, 0.05) is 12.5 Å². The Morgan fingerprint density at radius 1 is 1.06 bits per heavy atom. The van der Waals surface area contributed by atoms with Crippen LogP contribution in [0.25, 0.3) is 0 Å². The molecule has 0 unspecified atom stereocenters. The third-order valence-electron chi connectivity index (χ3n) is 6.29. The average Bonchev–Trinajstić information content (AvgIpc) is 2.71. The second-order valence-electron chi connectivity index (χ2n) is 9.24. The Morgan fingerprint density at radius 2 is 1.74 bits per heavy atom. The van der Waals surface area contributed by atoms with Crippen LogP contribution in [0.5, 0.6) is 0 Å². The molecule has 1 saturated carbocycles. The smallest absolute Gasteiger partial charge is 0.405 e. The van der Waals surface area contributed by atoms with Crippen molar-refractivity contribution in [3.8, 4) is 0 Å². The van der Waals surface area contributed by atoms with Crippen molar-refractivity contribution in [2.75, 3.05) is 6.54 Å². The number of hydrogen-bond acceptors (Lipinski definition) is 3. The van der Waals surface area contributed by atoms with Gasteiger partial charge in [-0.2, -0.15) is 0 Å². The molecule has 7 heteroatoms. The first kappa shape index (κ1) is 24.7. The minimum atomic E-state index is -1.25. The summed E-state index contributed by atoms with van der Waals surface area (Å²) < 4.78 is 0. The molecule has 7 nitrogen and oxygen atoms in total. The summed E-state index contributed by atoms with van der Waals surface area (Å²) in [6.45, 7) is 8.35. The summed E-state index contributed by atoms with van der Waals surface area (Å²) in [7, 11) is 0. The number of carboxylic acid groups (broad SMARTS) is 1. The van der Waals surface area contributed by atoms with Crippen LogP contribution in [-0.2, 0) is 16.0 Å². The van der Waals surface area contributed by atoms with E-state index in [0.717, 1.165) is 24.8 Å². The Hall–Kier alpha value is -2.57. The largest absolute Gasteiger partial charge is 0.465 e. The van der Waals surface area contributed by atoms with Gasteiger partial charge in [0.1, 0.15) is 6.04 Å². The fourth-order valence-corrected chi connectivity index (χ4v) is 4.51. The van der Waals surface area contributed by atoms with Crippen LogP contribution in [0.3, 0.4) is 0 Å². The SMILES string of the molecule is CC(C)[C@@H]1CC[C@@H](C)C[C@H]1C(=O)NC[C@H](Cc1ccccc1)NC(=O)[C@@H](C)NC(=O)O. The van der Waals surface area contributed by atoms with Gasteiger partial charge >= 0.3 is 6.09 Å². The van der Waals surface area contributed by atoms with Crippen molar-refractivity contribution in [3.05, 3.63) is 35.9 Å². The number of nitrogens with one attached hydrogen (secondary N) is 3. The molecule has 1 aliphatic rings. The van der Waals surface area contributed by atoms with Crippen LogP contribution in [0, 0.1) is 23.7 Å². The summed E-state index contributed by atoms with van der Waals surface area (Å²) in [6, 6.07) is 8.51. The van der Waals surface area contributed by atoms with Crippen molar-refractivity contribution in [1.82, 2.24) is 16.0 Å². The van der Waals surface area contributed by atoms with Crippen molar-refractivity contribution >= 4 is 17.9 Å². The lowest BCUT2D eigenvalue weighted by Crippen LogP contribution is -2.52. The zero-order chi connectivity index (χ0) is 23.0. The van der Waals surface area contributed by atoms with Gasteiger partial charge in [0.15, 0.2) is 0 Å². The number of amides is 3. The molecule has 2 rings (SSSR count). The molecule has 0 radical (unpaired) electrons. The summed E-state index contributed by atoms with van der Waals surface area (Å²) in [6.07, 6.45) is 2.42. The molecule has 3 amide bonds. The van der Waals surface area contributed by atoms with E-state index in [0.29, 0.717) is 30.7 Å². The minimum Gasteiger partial charge on any atom is -0.465 e. The highest BCUT2D eigenvalue weighted by molar-refractivity contribution is 5.85. The Balaban J connectivity index is 2.04. The van der Waals surface area contributed by atoms with E-state index >= 15 is 0 Å². The van der Waals surface area contributed by atoms with Crippen LogP contribution in [-0.4, -0.2) is 41.6 Å². The number of hydrogen-bond donors (Lipinski definition) is 4. The predicted molar refractivity (Wildman–Crippen MR) is 121 cm³/mol. The Bertz CT molecular complexity index is 738. The van der Waals surface area contributed by atoms with Gasteiger partial charge in [-0.1, -0.05) is 57.5 Å². The zero-order valence-electron chi connectivity index (χ0n) is 19.1. The van der Waals surface area contributed by atoms with Crippen molar-refractivity contribution in [2.24, 2.45) is 23.7 Å². The number of carbonyl (C=O) groups is 3. The molecule has 0 spiro atoms. The normalized spacial score (nSPS) is 22.9. The monoisotopic (exact) mass is 431 g/mol. The van der Waals surface area contributed by atoms with E-state index < -0.39 is 18.0 Å². The van der Waals surface area contributed by atoms with Crippen molar-refractivity contribution in [3.63, 3.8) is 0 Å². The summed E-state index contributed by atoms with van der Waals surface area (Å²) >= 11 is 0. The highest BCUT2D eigenvalue weighted by Crippen LogP contribution is 2.38. The van der Waals surface area contributed by atoms with Gasteiger partial charge < -0.3 is 21.1 Å². The summed E-state index contributed by atoms with van der Waals surface area (Å²) in [5, 5.41) is 17.0. The molecule has 0 heterocycles. The van der Waals surface area contributed by atoms with Gasteiger partial charge in [-0.05, 0) is 49.5 Å². The second kappa shape index (κ2) is 11.7. The summed E-state index contributed by atoms with van der Waals surface area (Å²) in [5.41, 5.74) is 1.03. The Morgan fingerprint density at radius 3 is 2.35 bits per heavy atom. The lowest BCUT2D eigenvalue weighted by molar-refractivity contribution is -0.130. The molecule has 0 aromatic heterocycles. The highest BCUT2D eigenvalue weighted by Gasteiger charge is 2.35. The molecule has 172 valence electrons. The van der Waals surface area contributed by atoms with E-state index in [4.69, 9.17) is 5.11 Å². The molecule has 5 atom stereocenters. The van der Waals surface area contributed by atoms with E-state index in [1.54, 1.807) is 0 Å². The van der Waals surface area contributed by atoms with Crippen LogP contribution < -0.4 is 16.0 Å². The number of benzene rings is 1. The molecule has 1 aromatic rings. The lowest BCUT2D eigenvalue weighted by atomic mass is 9.70. The standard InChI is InChI=1S/C24H37N3O4/c1-15(2)20-11-10-16(3)12-21(20)23(29)25-14-19(13-18-8-6-5-7-9-18)27-22(28)17(4)26-24(30)31/h5-9,15-17,19-21,26H,10-14H2,1-4H3,(H,25,29)(H,27,28)(H,30,31)/t16-,17-,19+,20+,21-/m1/s1. The third-order valence-corrected chi connectivity index (χ3v) is 6.29. The highest BCUT2D eigenvalue weighted by atomic mass is 16.4. The Labute approximate surface area is 185 Å². The van der Waals surface area contributed by atoms with Crippen LogP contribution in [0.1, 0.15) is 52.5 Å². The molecule has 4 N–H and O–H groups in total. The second-order valence-corrected chi connectivity index (χ2v) is 9.24. The average molecular weight is 432 g/mol. The topological polar surface area (TPSA) is 108 Å². The molecular formula is C24H37N3O4. The van der Waals surface area contributed by atoms with Gasteiger partial charge in [0.05, 0.1) is 6.04 Å². The van der Waals surface area contributed by atoms with Crippen LogP contribution in [0.15, 0.2) is 30.3 Å². The van der Waals surface area contributed by atoms with Gasteiger partial charge in [-0.15, -0.1) is 0 Å². The maximum Gasteiger partial charge on any atom is 0.405 e. The Kier molecular flexibility index (Phi) is 9.34. The van der Waals surface area contributed by atoms with Gasteiger partial charge in [-0.25, -0.2) is 4.79 Å². The zero-order valence-corrected chi connectivity index (χ0v) is 19.1. The molecule has 1 fully saturated rings. The first-order valence-corrected chi connectivity index (χ1v) is 11.3. The number of carbonyl (C=O) groups excluding carboxylic acids is 2. The molecular weight excluding hydrogens is 394 g/mol. The fraction of sp³-hybridized carbons (Fsp3) is 0.625. The van der Waals surface area contributed by atoms with Gasteiger partial charge in [-0.3, -0.25) is 9.59 Å². The molecule has 0 aliphatic heterocycles. The molecule has 0 saturated heterocycles. The van der Waals surface area contributed by atoms with E-state index in [1.807, 2.05) is 30.3 Å². The van der Waals surface area contributed by atoms with Gasteiger partial charge in [0.25, 0.3) is 0 Å². The maximum atomic E-state index is 13.1. The van der Waals surface area contributed by atoms with Crippen LogP contribution in [0.2, 0.25) is 0 Å². The lowest BCUT2D eigenvalue weighted by Gasteiger charge is -2.36. The van der Waals surface area contributed by atoms with Crippen molar-refractivity contribution in [2.45, 2.75) is 65.5 Å². The first-order chi connectivity index (χ1) is 14.7. The molecule has 1 aromatic carbocycles. The maximum absolute atomic E-state index is 13.1. The van der Waals surface area contributed by atoms with E-state index in [2.05, 4.69) is 36.7 Å². The number of rotatable bonds is 9. The van der Waals surface area contributed by atoms with E-state index in [-0.39, 0.29) is 17.9 Å². The molecule has 0 bridgehead atoms. The van der Waals surface area contributed by atoms with Gasteiger partial charge in [0.2, 0.25) is 11.8 Å². The van der Waals surface area contributed by atoms with E-state index in [9.17, 15) is 14.4 Å². The summed E-state index contributed by atoms with van der Waals surface area (Å²) in [4.78, 5) is 36.4. The van der Waals surface area contributed by atoms with Crippen LogP contribution >= 0.6 is 0 Å². The first-order valence-electron chi connectivity index (χ1n) is 11.3. The quantitative estimate of drug-likeness (QED) is 0.482. The predicted octanol–water partition coefficient (Wildman–Crippen LogP) is 3.19. The van der Waals surface area contributed by atoms with Crippen molar-refractivity contribution < 1.29 is 19.5 Å². The molecule has 1 aliphatic carbocycles.